The first-order chi connectivity index (χ1) is 12.5. The lowest BCUT2D eigenvalue weighted by Crippen LogP contribution is -2.31. The molecule has 0 spiro atoms. The Kier molecular flexibility index (Phi) is 11.5. The lowest BCUT2D eigenvalue weighted by molar-refractivity contribution is -0.154. The second-order valence-electron chi connectivity index (χ2n) is 7.42. The van der Waals surface area contributed by atoms with Crippen molar-refractivity contribution in [2.45, 2.75) is 89.8 Å². The molecular weight excluding hydrogens is 332 g/mol. The van der Waals surface area contributed by atoms with Gasteiger partial charge in [-0.3, -0.25) is 4.79 Å². The molecule has 1 rings (SSSR count). The van der Waals surface area contributed by atoms with Crippen LogP contribution in [0.25, 0.3) is 0 Å². The van der Waals surface area contributed by atoms with Crippen molar-refractivity contribution in [3.63, 3.8) is 0 Å². The highest BCUT2D eigenvalue weighted by atomic mass is 16.5. The van der Waals surface area contributed by atoms with Gasteiger partial charge < -0.3 is 14.9 Å². The normalized spacial score (nSPS) is 24.2. The van der Waals surface area contributed by atoms with Gasteiger partial charge in [0.15, 0.2) is 5.78 Å². The monoisotopic (exact) mass is 368 g/mol. The highest BCUT2D eigenvalue weighted by Crippen LogP contribution is 2.36. The second-order valence-corrected chi connectivity index (χ2v) is 7.42. The Morgan fingerprint density at radius 1 is 1.15 bits per heavy atom. The number of methoxy groups -OCH3 is 1. The quantitative estimate of drug-likeness (QED) is 0.274. The summed E-state index contributed by atoms with van der Waals surface area (Å²) in [5.41, 5.74) is 0. The molecule has 0 saturated heterocycles. The molecule has 0 amide bonds. The minimum Gasteiger partial charge on any atom is -0.479 e. The number of aliphatic carboxylic acids is 1. The van der Waals surface area contributed by atoms with E-state index in [0.29, 0.717) is 12.3 Å². The van der Waals surface area contributed by atoms with E-state index in [1.54, 1.807) is 0 Å². The van der Waals surface area contributed by atoms with Gasteiger partial charge in [-0.1, -0.05) is 44.8 Å². The zero-order valence-corrected chi connectivity index (χ0v) is 16.4. The van der Waals surface area contributed by atoms with E-state index in [2.05, 4.69) is 19.1 Å². The maximum absolute atomic E-state index is 11.8. The Morgan fingerprint density at radius 3 is 2.58 bits per heavy atom. The number of Topliss-reactive ketones (excluding diaryl/α,β-unsaturated/α-hetero) is 1. The number of unbranched alkanes of at least 4 members (excludes halogenated alkanes) is 5. The van der Waals surface area contributed by atoms with Crippen LogP contribution < -0.4 is 0 Å². The molecular formula is C21H36O5. The molecule has 5 heteroatoms. The van der Waals surface area contributed by atoms with E-state index >= 15 is 0 Å². The molecule has 1 fully saturated rings. The van der Waals surface area contributed by atoms with Crippen molar-refractivity contribution in [2.24, 2.45) is 11.8 Å². The van der Waals surface area contributed by atoms with Crippen LogP contribution in [-0.2, 0) is 14.3 Å². The Balaban J connectivity index is 2.31. The third-order valence-electron chi connectivity index (χ3n) is 5.41. The standard InChI is InChI=1S/C21H36O5/c1-3-4-5-6-7-8-11-16-14-15-18(22)17(16)12-9-10-13-19(23)20(26-2)21(24)25/h8,11,16-18,20,22H,3-7,9-10,12-15H2,1-2H3,(H,24,25)/t16-,17+,18-,20?/m0/s1. The zero-order chi connectivity index (χ0) is 19.4. The summed E-state index contributed by atoms with van der Waals surface area (Å²) in [6.07, 6.45) is 13.5. The third-order valence-corrected chi connectivity index (χ3v) is 5.41. The summed E-state index contributed by atoms with van der Waals surface area (Å²) < 4.78 is 4.72. The fourth-order valence-electron chi connectivity index (χ4n) is 3.86. The van der Waals surface area contributed by atoms with E-state index in [1.165, 1.54) is 32.8 Å². The van der Waals surface area contributed by atoms with Gasteiger partial charge in [0.2, 0.25) is 6.10 Å². The van der Waals surface area contributed by atoms with E-state index in [4.69, 9.17) is 9.84 Å². The van der Waals surface area contributed by atoms with Crippen LogP contribution in [0.4, 0.5) is 0 Å². The van der Waals surface area contributed by atoms with Crippen LogP contribution in [0, 0.1) is 11.8 Å². The zero-order valence-electron chi connectivity index (χ0n) is 16.4. The first-order valence-electron chi connectivity index (χ1n) is 10.1. The third kappa shape index (κ3) is 8.00. The summed E-state index contributed by atoms with van der Waals surface area (Å²) in [7, 11) is 1.24. The minimum absolute atomic E-state index is 0.214. The van der Waals surface area contributed by atoms with E-state index < -0.39 is 12.1 Å². The molecule has 1 aliphatic carbocycles. The van der Waals surface area contributed by atoms with Crippen LogP contribution >= 0.6 is 0 Å². The molecule has 0 radical (unpaired) electrons. The number of carbonyl (C=O) groups is 2. The number of rotatable bonds is 14. The number of carbonyl (C=O) groups excluding carboxylic acids is 1. The van der Waals surface area contributed by atoms with Gasteiger partial charge in [-0.05, 0) is 50.4 Å². The number of hydrogen-bond donors (Lipinski definition) is 2. The molecule has 0 bridgehead atoms. The molecule has 2 N–H and O–H groups in total. The van der Waals surface area contributed by atoms with Crippen molar-refractivity contribution in [1.82, 2.24) is 0 Å². The number of carboxylic acids is 1. The average molecular weight is 369 g/mol. The van der Waals surface area contributed by atoms with Gasteiger partial charge in [-0.25, -0.2) is 4.79 Å². The van der Waals surface area contributed by atoms with E-state index in [-0.39, 0.29) is 24.2 Å². The van der Waals surface area contributed by atoms with Gasteiger partial charge in [0.25, 0.3) is 0 Å². The van der Waals surface area contributed by atoms with E-state index in [0.717, 1.165) is 32.1 Å². The highest BCUT2D eigenvalue weighted by molar-refractivity contribution is 6.01. The van der Waals surface area contributed by atoms with Gasteiger partial charge in [-0.15, -0.1) is 0 Å². The first kappa shape index (κ1) is 22.8. The van der Waals surface area contributed by atoms with Crippen molar-refractivity contribution in [2.75, 3.05) is 7.11 Å². The molecule has 0 heterocycles. The maximum atomic E-state index is 11.8. The molecule has 0 aromatic carbocycles. The number of carboxylic acid groups (broad SMARTS) is 1. The predicted molar refractivity (Wildman–Crippen MR) is 102 cm³/mol. The lowest BCUT2D eigenvalue weighted by Gasteiger charge is -2.19. The van der Waals surface area contributed by atoms with Crippen molar-refractivity contribution in [3.05, 3.63) is 12.2 Å². The number of aliphatic hydroxyl groups excluding tert-OH is 1. The van der Waals surface area contributed by atoms with Gasteiger partial charge in [0, 0.05) is 13.5 Å². The molecule has 1 aliphatic rings. The van der Waals surface area contributed by atoms with E-state index in [9.17, 15) is 14.7 Å². The first-order valence-corrected chi connectivity index (χ1v) is 10.1. The summed E-state index contributed by atoms with van der Waals surface area (Å²) in [6, 6.07) is 0. The number of ether oxygens (including phenoxy) is 1. The van der Waals surface area contributed by atoms with Crippen LogP contribution in [0.1, 0.15) is 77.6 Å². The molecule has 0 aromatic heterocycles. The summed E-state index contributed by atoms with van der Waals surface area (Å²) >= 11 is 0. The topological polar surface area (TPSA) is 83.8 Å². The van der Waals surface area contributed by atoms with Crippen molar-refractivity contribution >= 4 is 11.8 Å². The molecule has 4 atom stereocenters. The van der Waals surface area contributed by atoms with Crippen LogP contribution in [0.15, 0.2) is 12.2 Å². The predicted octanol–water partition coefficient (Wildman–Crippen LogP) is 4.13. The van der Waals surface area contributed by atoms with Gasteiger partial charge >= 0.3 is 5.97 Å². The number of aliphatic hydroxyl groups is 1. The molecule has 0 aromatic rings. The fraction of sp³-hybridized carbons (Fsp3) is 0.810. The molecule has 150 valence electrons. The van der Waals surface area contributed by atoms with Crippen molar-refractivity contribution < 1.29 is 24.5 Å². The smallest absolute Gasteiger partial charge is 0.340 e. The number of ketones is 1. The summed E-state index contributed by atoms with van der Waals surface area (Å²) in [5, 5.41) is 19.1. The highest BCUT2D eigenvalue weighted by Gasteiger charge is 2.32. The maximum Gasteiger partial charge on any atom is 0.340 e. The molecule has 1 saturated carbocycles. The summed E-state index contributed by atoms with van der Waals surface area (Å²) in [5.74, 6) is -0.921. The van der Waals surface area contributed by atoms with Crippen molar-refractivity contribution in [3.8, 4) is 0 Å². The van der Waals surface area contributed by atoms with Gasteiger partial charge in [0.1, 0.15) is 0 Å². The Morgan fingerprint density at radius 2 is 1.92 bits per heavy atom. The Bertz CT molecular complexity index is 446. The average Bonchev–Trinajstić information content (AvgIpc) is 2.95. The van der Waals surface area contributed by atoms with Crippen molar-refractivity contribution in [1.29, 1.82) is 0 Å². The fourth-order valence-corrected chi connectivity index (χ4v) is 3.86. The molecule has 26 heavy (non-hydrogen) atoms. The lowest BCUT2D eigenvalue weighted by atomic mass is 9.88. The SMILES string of the molecule is CCCCCCC=C[C@H]1CC[C@H](O)[C@@H]1CCCCC(=O)C(OC)C(=O)O. The number of allylic oxidation sites excluding steroid dienone is 2. The minimum atomic E-state index is -1.35. The number of hydrogen-bond acceptors (Lipinski definition) is 4. The van der Waals surface area contributed by atoms with Crippen LogP contribution in [0.3, 0.4) is 0 Å². The molecule has 0 aliphatic heterocycles. The molecule has 1 unspecified atom stereocenters. The van der Waals surface area contributed by atoms with Crippen LogP contribution in [0.5, 0.6) is 0 Å². The second kappa shape index (κ2) is 13.0. The van der Waals surface area contributed by atoms with Gasteiger partial charge in [-0.2, -0.15) is 0 Å². The molecule has 5 nitrogen and oxygen atoms in total. The van der Waals surface area contributed by atoms with Crippen LogP contribution in [0.2, 0.25) is 0 Å². The largest absolute Gasteiger partial charge is 0.479 e. The van der Waals surface area contributed by atoms with Gasteiger partial charge in [0.05, 0.1) is 6.10 Å². The Labute approximate surface area is 157 Å². The van der Waals surface area contributed by atoms with Crippen LogP contribution in [-0.4, -0.2) is 41.3 Å². The summed E-state index contributed by atoms with van der Waals surface area (Å²) in [4.78, 5) is 22.7. The summed E-state index contributed by atoms with van der Waals surface area (Å²) in [6.45, 7) is 2.21. The Hall–Kier alpha value is -1.20. The van der Waals surface area contributed by atoms with E-state index in [1.807, 2.05) is 0 Å².